The van der Waals surface area contributed by atoms with Crippen LogP contribution in [0.15, 0.2) is 30.3 Å². The number of hydrogen-bond acceptors (Lipinski definition) is 7. The quantitative estimate of drug-likeness (QED) is 0.743. The van der Waals surface area contributed by atoms with Crippen molar-refractivity contribution in [2.45, 2.75) is 12.5 Å². The Morgan fingerprint density at radius 3 is 2.45 bits per heavy atom. The summed E-state index contributed by atoms with van der Waals surface area (Å²) in [6, 6.07) is 7.57. The molecular weight excluding hydrogens is 402 g/mol. The SMILES string of the molecule is COC(=O)c1cc(OC)c(OC)cc1NC(=O)[C@@H]1Cc2cc(Cl)ccc2C(=O)O1. The Balaban J connectivity index is 1.90. The normalized spacial score (nSPS) is 15.0. The summed E-state index contributed by atoms with van der Waals surface area (Å²) in [7, 11) is 4.06. The molecule has 0 spiro atoms. The largest absolute Gasteiger partial charge is 0.493 e. The molecular formula is C20H18ClNO7. The predicted molar refractivity (Wildman–Crippen MR) is 104 cm³/mol. The highest BCUT2D eigenvalue weighted by atomic mass is 35.5. The number of nitrogens with one attached hydrogen (secondary N) is 1. The van der Waals surface area contributed by atoms with Crippen molar-refractivity contribution in [3.8, 4) is 11.5 Å². The fraction of sp³-hybridized carbons (Fsp3) is 0.250. The number of carbonyl (C=O) groups is 3. The number of ether oxygens (including phenoxy) is 4. The van der Waals surface area contributed by atoms with Gasteiger partial charge in [0.1, 0.15) is 0 Å². The van der Waals surface area contributed by atoms with Gasteiger partial charge in [-0.15, -0.1) is 0 Å². The molecule has 2 aromatic rings. The third-order valence-corrected chi connectivity index (χ3v) is 4.66. The van der Waals surface area contributed by atoms with Gasteiger partial charge < -0.3 is 24.3 Å². The second kappa shape index (κ2) is 8.40. The third kappa shape index (κ3) is 4.12. The fourth-order valence-corrected chi connectivity index (χ4v) is 3.18. The molecule has 1 aliphatic rings. The Morgan fingerprint density at radius 2 is 1.79 bits per heavy atom. The third-order valence-electron chi connectivity index (χ3n) is 4.42. The summed E-state index contributed by atoms with van der Waals surface area (Å²) in [4.78, 5) is 37.1. The number of esters is 2. The molecule has 0 bridgehead atoms. The first-order chi connectivity index (χ1) is 13.9. The van der Waals surface area contributed by atoms with Gasteiger partial charge in [0.25, 0.3) is 5.91 Å². The van der Waals surface area contributed by atoms with Crippen molar-refractivity contribution in [1.82, 2.24) is 0 Å². The van der Waals surface area contributed by atoms with Gasteiger partial charge in [0.05, 0.1) is 38.1 Å². The van der Waals surface area contributed by atoms with Crippen LogP contribution in [-0.4, -0.2) is 45.3 Å². The number of hydrogen-bond donors (Lipinski definition) is 1. The Hall–Kier alpha value is -3.26. The van der Waals surface area contributed by atoms with Gasteiger partial charge in [-0.05, 0) is 23.8 Å². The van der Waals surface area contributed by atoms with E-state index in [2.05, 4.69) is 5.32 Å². The maximum atomic E-state index is 12.8. The highest BCUT2D eigenvalue weighted by Crippen LogP contribution is 2.34. The van der Waals surface area contributed by atoms with Crippen LogP contribution in [0.2, 0.25) is 5.02 Å². The fourth-order valence-electron chi connectivity index (χ4n) is 2.99. The van der Waals surface area contributed by atoms with Gasteiger partial charge in [0.2, 0.25) is 0 Å². The topological polar surface area (TPSA) is 100 Å². The zero-order valence-corrected chi connectivity index (χ0v) is 16.7. The highest BCUT2D eigenvalue weighted by molar-refractivity contribution is 6.30. The maximum absolute atomic E-state index is 12.8. The number of methoxy groups -OCH3 is 3. The van der Waals surface area contributed by atoms with E-state index in [0.717, 1.165) is 0 Å². The van der Waals surface area contributed by atoms with Crippen LogP contribution >= 0.6 is 11.6 Å². The minimum atomic E-state index is -1.09. The number of rotatable bonds is 5. The summed E-state index contributed by atoms with van der Waals surface area (Å²) in [5.74, 6) is -1.32. The molecule has 0 aromatic heterocycles. The summed E-state index contributed by atoms with van der Waals surface area (Å²) < 4.78 is 20.4. The van der Waals surface area contributed by atoms with Gasteiger partial charge in [-0.1, -0.05) is 11.6 Å². The van der Waals surface area contributed by atoms with Gasteiger partial charge in [-0.2, -0.15) is 0 Å². The van der Waals surface area contributed by atoms with Crippen LogP contribution in [0.3, 0.4) is 0 Å². The van der Waals surface area contributed by atoms with Crippen LogP contribution in [0.4, 0.5) is 5.69 Å². The van der Waals surface area contributed by atoms with E-state index in [0.29, 0.717) is 27.6 Å². The molecule has 0 aliphatic carbocycles. The van der Waals surface area contributed by atoms with Crippen LogP contribution in [0, 0.1) is 0 Å². The lowest BCUT2D eigenvalue weighted by atomic mass is 9.98. The van der Waals surface area contributed by atoms with E-state index in [1.165, 1.54) is 33.5 Å². The molecule has 3 rings (SSSR count). The molecule has 1 amide bonds. The monoisotopic (exact) mass is 419 g/mol. The van der Waals surface area contributed by atoms with Crippen molar-refractivity contribution >= 4 is 35.1 Å². The predicted octanol–water partition coefficient (Wildman–Crippen LogP) is 2.86. The lowest BCUT2D eigenvalue weighted by molar-refractivity contribution is -0.125. The first-order valence-corrected chi connectivity index (χ1v) is 8.90. The second-order valence-electron chi connectivity index (χ2n) is 6.13. The second-order valence-corrected chi connectivity index (χ2v) is 6.57. The molecule has 1 atom stereocenters. The Morgan fingerprint density at radius 1 is 1.10 bits per heavy atom. The van der Waals surface area contributed by atoms with E-state index < -0.39 is 23.9 Å². The summed E-state index contributed by atoms with van der Waals surface area (Å²) in [6.07, 6.45) is -0.944. The Bertz CT molecular complexity index is 989. The molecule has 1 aliphatic heterocycles. The van der Waals surface area contributed by atoms with Crippen LogP contribution in [-0.2, 0) is 20.7 Å². The van der Waals surface area contributed by atoms with Crippen molar-refractivity contribution in [3.05, 3.63) is 52.0 Å². The number of carbonyl (C=O) groups excluding carboxylic acids is 3. The Kier molecular flexibility index (Phi) is 5.93. The standard InChI is InChI=1S/C20H18ClNO7/c1-26-15-8-13(19(24)28-3)14(9-16(15)27-2)22-18(23)17-7-10-6-11(21)4-5-12(10)20(25)29-17/h4-6,8-9,17H,7H2,1-3H3,(H,22,23)/t17-/m0/s1. The van der Waals surface area contributed by atoms with E-state index in [9.17, 15) is 14.4 Å². The van der Waals surface area contributed by atoms with E-state index in [4.69, 9.17) is 30.5 Å². The lowest BCUT2D eigenvalue weighted by Gasteiger charge is -2.24. The molecule has 2 aromatic carbocycles. The zero-order valence-electron chi connectivity index (χ0n) is 15.9. The van der Waals surface area contributed by atoms with Crippen molar-refractivity contribution in [2.24, 2.45) is 0 Å². The maximum Gasteiger partial charge on any atom is 0.340 e. The van der Waals surface area contributed by atoms with E-state index in [-0.39, 0.29) is 17.7 Å². The number of halogens is 1. The van der Waals surface area contributed by atoms with Crippen LogP contribution < -0.4 is 14.8 Å². The highest BCUT2D eigenvalue weighted by Gasteiger charge is 2.32. The molecule has 152 valence electrons. The van der Waals surface area contributed by atoms with Gasteiger partial charge >= 0.3 is 11.9 Å². The molecule has 0 saturated carbocycles. The molecule has 29 heavy (non-hydrogen) atoms. The van der Waals surface area contributed by atoms with Gasteiger partial charge in [0.15, 0.2) is 17.6 Å². The summed E-state index contributed by atoms with van der Waals surface area (Å²) in [5.41, 5.74) is 1.16. The number of cyclic esters (lactones) is 1. The van der Waals surface area contributed by atoms with Crippen molar-refractivity contribution in [2.75, 3.05) is 26.6 Å². The van der Waals surface area contributed by atoms with Crippen LogP contribution in [0.1, 0.15) is 26.3 Å². The molecule has 8 nitrogen and oxygen atoms in total. The van der Waals surface area contributed by atoms with E-state index >= 15 is 0 Å². The average Bonchev–Trinajstić information content (AvgIpc) is 2.72. The minimum Gasteiger partial charge on any atom is -0.493 e. The molecule has 1 N–H and O–H groups in total. The number of benzene rings is 2. The van der Waals surface area contributed by atoms with Gasteiger partial charge in [0, 0.05) is 23.6 Å². The first-order valence-electron chi connectivity index (χ1n) is 8.52. The van der Waals surface area contributed by atoms with Crippen molar-refractivity contribution in [1.29, 1.82) is 0 Å². The number of anilines is 1. The molecule has 9 heteroatoms. The number of fused-ring (bicyclic) bond motifs is 1. The zero-order chi connectivity index (χ0) is 21.1. The van der Waals surface area contributed by atoms with Gasteiger partial charge in [-0.25, -0.2) is 9.59 Å². The average molecular weight is 420 g/mol. The molecule has 0 unspecified atom stereocenters. The van der Waals surface area contributed by atoms with Crippen molar-refractivity contribution in [3.63, 3.8) is 0 Å². The summed E-state index contributed by atoms with van der Waals surface area (Å²) >= 11 is 5.99. The van der Waals surface area contributed by atoms with Crippen molar-refractivity contribution < 1.29 is 33.3 Å². The Labute approximate surface area is 171 Å². The summed E-state index contributed by atoms with van der Waals surface area (Å²) in [6.45, 7) is 0. The number of amides is 1. The smallest absolute Gasteiger partial charge is 0.340 e. The lowest BCUT2D eigenvalue weighted by Crippen LogP contribution is -2.38. The van der Waals surface area contributed by atoms with Crippen LogP contribution in [0.25, 0.3) is 0 Å². The molecule has 0 fully saturated rings. The molecule has 0 radical (unpaired) electrons. The molecule has 1 heterocycles. The van der Waals surface area contributed by atoms with Crippen LogP contribution in [0.5, 0.6) is 11.5 Å². The first kappa shape index (κ1) is 20.5. The minimum absolute atomic E-state index is 0.0593. The van der Waals surface area contributed by atoms with E-state index in [1.807, 2.05) is 0 Å². The van der Waals surface area contributed by atoms with E-state index in [1.54, 1.807) is 18.2 Å². The van der Waals surface area contributed by atoms with Gasteiger partial charge in [-0.3, -0.25) is 4.79 Å². The molecule has 0 saturated heterocycles. The summed E-state index contributed by atoms with van der Waals surface area (Å²) in [5, 5.41) is 3.05.